The van der Waals surface area contributed by atoms with Crippen LogP contribution in [0.15, 0.2) is 113 Å². The van der Waals surface area contributed by atoms with Crippen LogP contribution in [0.1, 0.15) is 0 Å². The van der Waals surface area contributed by atoms with Crippen molar-refractivity contribution in [2.75, 3.05) is 18.1 Å². The smallest absolute Gasteiger partial charge is 0.870 e. The summed E-state index contributed by atoms with van der Waals surface area (Å²) >= 11 is 0. The van der Waals surface area contributed by atoms with Crippen LogP contribution < -0.4 is 99.5 Å². The van der Waals surface area contributed by atoms with Crippen LogP contribution in [-0.2, 0) is 54.5 Å². The van der Waals surface area contributed by atoms with Crippen LogP contribution in [0.4, 0.5) is 28.4 Å². The number of fused-ring (bicyclic) bond motifs is 1. The Labute approximate surface area is 375 Å². The number of nitrogen functional groups attached to an aromatic ring is 1. The van der Waals surface area contributed by atoms with Crippen molar-refractivity contribution < 1.29 is 154 Å². The molecule has 0 aromatic heterocycles. The van der Waals surface area contributed by atoms with E-state index in [1.165, 1.54) is 0 Å². The molecular formula is C26H20N5Na3O15S5. The van der Waals surface area contributed by atoms with Crippen molar-refractivity contribution in [1.29, 1.82) is 0 Å². The second kappa shape index (κ2) is 19.1. The van der Waals surface area contributed by atoms with E-state index in [1.807, 2.05) is 0 Å². The van der Waals surface area contributed by atoms with E-state index in [2.05, 4.69) is 31.2 Å². The SMILES string of the molecule is C=CS(=O)(=O)c1ccc(N=Nc2c(S(=O)(=O)[O-])cc3cc(S(=O)(=O)[O-])c(N=Nc4ccc(S(=O)(=O)CCOS(=O)(=O)O)cc4)c(N)c3c2[O-])cc1.[Na+].[Na+].[Na+]. The van der Waals surface area contributed by atoms with Crippen LogP contribution in [0.3, 0.4) is 0 Å². The monoisotopic (exact) mass is 871 g/mol. The Morgan fingerprint density at radius 3 is 1.56 bits per heavy atom. The maximum atomic E-state index is 13.6. The standard InChI is InChI=1S/C26H23N5O15S5.3Na/c1-2-47(33,34)18-7-3-17(4-8-18)29-31-25-21(50(40,41)42)14-15-13-20(49(37,38)39)24(23(27)22(15)26(25)32)30-28-16-5-9-19(10-6-16)48(35,36)12-11-46-51(43,44)45;;;/h2-10,13-14,32H,1,11-12,27H2,(H,37,38,39)(H,40,41,42)(H,43,44,45);;;/q;3*+1/p-3. The van der Waals surface area contributed by atoms with E-state index in [-0.39, 0.29) is 110 Å². The number of anilines is 1. The van der Waals surface area contributed by atoms with E-state index >= 15 is 0 Å². The van der Waals surface area contributed by atoms with E-state index < -0.39 is 106 Å². The number of hydrogen-bond donors (Lipinski definition) is 2. The summed E-state index contributed by atoms with van der Waals surface area (Å²) in [5.41, 5.74) is 3.02. The number of hydrogen-bond acceptors (Lipinski definition) is 19. The number of benzene rings is 4. The summed E-state index contributed by atoms with van der Waals surface area (Å²) < 4.78 is 156. The van der Waals surface area contributed by atoms with Crippen molar-refractivity contribution in [2.24, 2.45) is 20.5 Å². The van der Waals surface area contributed by atoms with Gasteiger partial charge in [0.15, 0.2) is 19.7 Å². The Bertz CT molecular complexity index is 2700. The maximum absolute atomic E-state index is 13.6. The Hall–Kier alpha value is -1.73. The van der Waals surface area contributed by atoms with Gasteiger partial charge in [0.25, 0.3) is 0 Å². The number of nitrogens with zero attached hydrogens (tertiary/aromatic N) is 4. The van der Waals surface area contributed by atoms with Gasteiger partial charge in [0.2, 0.25) is 0 Å². The molecular weight excluding hydrogens is 852 g/mol. The summed E-state index contributed by atoms with van der Waals surface area (Å²) in [5, 5.41) is 27.7. The number of sulfone groups is 2. The minimum absolute atomic E-state index is 0. The molecule has 0 bridgehead atoms. The average Bonchev–Trinajstić information content (AvgIpc) is 3.02. The molecule has 0 atom stereocenters. The zero-order valence-corrected chi connectivity index (χ0v) is 38.1. The third-order valence-electron chi connectivity index (χ3n) is 6.53. The summed E-state index contributed by atoms with van der Waals surface area (Å²) in [6.07, 6.45) is 0. The van der Waals surface area contributed by atoms with Gasteiger partial charge in [-0.3, -0.25) is 4.55 Å². The quantitative estimate of drug-likeness (QED) is 0.0546. The molecule has 0 spiro atoms. The number of rotatable bonds is 13. The first kappa shape index (κ1) is 50.3. The predicted octanol–water partition coefficient (Wildman–Crippen LogP) is -6.34. The second-order valence-corrected chi connectivity index (χ2v) is 17.7. The fourth-order valence-corrected chi connectivity index (χ4v) is 7.67. The van der Waals surface area contributed by atoms with Gasteiger partial charge in [-0.05, 0) is 66.0 Å². The minimum atomic E-state index is -5.52. The molecule has 28 heteroatoms. The third kappa shape index (κ3) is 12.4. The molecule has 4 rings (SSSR count). The first-order valence-electron chi connectivity index (χ1n) is 13.2. The van der Waals surface area contributed by atoms with E-state index in [1.54, 1.807) is 0 Å². The molecule has 0 aliphatic rings. The van der Waals surface area contributed by atoms with Gasteiger partial charge < -0.3 is 19.9 Å². The molecule has 0 amide bonds. The first-order valence-corrected chi connectivity index (χ1v) is 20.6. The normalized spacial score (nSPS) is 12.6. The minimum Gasteiger partial charge on any atom is -0.870 e. The Morgan fingerprint density at radius 2 is 1.13 bits per heavy atom. The molecule has 0 heterocycles. The molecule has 0 saturated heterocycles. The molecule has 0 radical (unpaired) electrons. The van der Waals surface area contributed by atoms with Gasteiger partial charge in [-0.1, -0.05) is 12.3 Å². The van der Waals surface area contributed by atoms with Crippen LogP contribution in [0.2, 0.25) is 0 Å². The van der Waals surface area contributed by atoms with Gasteiger partial charge in [0.1, 0.15) is 25.9 Å². The topological polar surface area (TPSA) is 345 Å². The first-order chi connectivity index (χ1) is 23.4. The largest absolute Gasteiger partial charge is 1.00 e. The zero-order valence-electron chi connectivity index (χ0n) is 28.0. The molecule has 0 aliphatic heterocycles. The summed E-state index contributed by atoms with van der Waals surface area (Å²) in [6, 6.07) is 9.66. The number of azo groups is 2. The van der Waals surface area contributed by atoms with Crippen molar-refractivity contribution in [1.82, 2.24) is 0 Å². The zero-order chi connectivity index (χ0) is 38.2. The van der Waals surface area contributed by atoms with E-state index in [4.69, 9.17) is 10.3 Å². The summed E-state index contributed by atoms with van der Waals surface area (Å²) in [4.78, 5) is -2.99. The third-order valence-corrected chi connectivity index (χ3v) is 11.8. The average molecular weight is 872 g/mol. The molecule has 4 aromatic carbocycles. The number of nitrogens with two attached hydrogens (primary N) is 1. The molecule has 3 N–H and O–H groups in total. The van der Waals surface area contributed by atoms with Crippen LogP contribution >= 0.6 is 0 Å². The Kier molecular flexibility index (Phi) is 17.8. The second-order valence-electron chi connectivity index (χ2n) is 9.86. The Morgan fingerprint density at radius 1 is 0.704 bits per heavy atom. The maximum Gasteiger partial charge on any atom is 1.00 e. The van der Waals surface area contributed by atoms with E-state index in [0.717, 1.165) is 48.5 Å². The van der Waals surface area contributed by atoms with Crippen molar-refractivity contribution in [3.05, 3.63) is 72.7 Å². The van der Waals surface area contributed by atoms with Crippen molar-refractivity contribution in [2.45, 2.75) is 19.6 Å². The molecule has 0 fully saturated rings. The van der Waals surface area contributed by atoms with Crippen molar-refractivity contribution in [3.8, 4) is 5.75 Å². The summed E-state index contributed by atoms with van der Waals surface area (Å²) in [5.74, 6) is -2.22. The molecule has 54 heavy (non-hydrogen) atoms. The van der Waals surface area contributed by atoms with Gasteiger partial charge in [-0.15, -0.1) is 10.2 Å². The van der Waals surface area contributed by atoms with Crippen LogP contribution in [0.5, 0.6) is 5.75 Å². The van der Waals surface area contributed by atoms with Gasteiger partial charge in [-0.2, -0.15) is 18.6 Å². The van der Waals surface area contributed by atoms with Crippen LogP contribution in [-0.4, -0.2) is 68.1 Å². The molecule has 0 unspecified atom stereocenters. The van der Waals surface area contributed by atoms with Gasteiger partial charge in [0, 0.05) is 10.8 Å². The van der Waals surface area contributed by atoms with Crippen LogP contribution in [0.25, 0.3) is 10.8 Å². The van der Waals surface area contributed by atoms with Crippen LogP contribution in [0, 0.1) is 0 Å². The van der Waals surface area contributed by atoms with Gasteiger partial charge in [-0.25, -0.2) is 37.9 Å². The van der Waals surface area contributed by atoms with Crippen molar-refractivity contribution in [3.63, 3.8) is 0 Å². The van der Waals surface area contributed by atoms with E-state index in [0.29, 0.717) is 17.5 Å². The summed E-state index contributed by atoms with van der Waals surface area (Å²) in [7, 11) is -23.9. The Balaban J connectivity index is 0.00000486. The summed E-state index contributed by atoms with van der Waals surface area (Å²) in [6.45, 7) is 2.29. The molecule has 0 aliphatic carbocycles. The molecule has 0 saturated carbocycles. The van der Waals surface area contributed by atoms with Crippen molar-refractivity contribution >= 4 is 89.5 Å². The predicted molar refractivity (Wildman–Crippen MR) is 172 cm³/mol. The molecule has 272 valence electrons. The fraction of sp³-hybridized carbons (Fsp3) is 0.0769. The molecule has 20 nitrogen and oxygen atoms in total. The van der Waals surface area contributed by atoms with Gasteiger partial charge >= 0.3 is 99.1 Å². The van der Waals surface area contributed by atoms with Gasteiger partial charge in [0.05, 0.1) is 54.7 Å². The van der Waals surface area contributed by atoms with E-state index in [9.17, 15) is 56.3 Å². The molecule has 4 aromatic rings. The fourth-order valence-electron chi connectivity index (χ4n) is 4.18.